The molecule has 5 rings (SSSR count). The Kier molecular flexibility index (Phi) is 6.94. The van der Waals surface area contributed by atoms with E-state index in [4.69, 9.17) is 4.98 Å². The SMILES string of the molecule is CCN1CC[C@@H](NC(=O)c2cn(C(C)(C)C)nn2)c2ccc(-c3ccnc(Nc4cnn(C)c4)n3)cc2C1. The van der Waals surface area contributed by atoms with Crippen LogP contribution in [0.5, 0.6) is 0 Å². The molecule has 1 aromatic carbocycles. The summed E-state index contributed by atoms with van der Waals surface area (Å²) in [6, 6.07) is 8.12. The topological polar surface area (TPSA) is 119 Å². The highest BCUT2D eigenvalue weighted by atomic mass is 16.2. The molecule has 0 saturated heterocycles. The molecule has 2 N–H and O–H groups in total. The van der Waals surface area contributed by atoms with E-state index in [-0.39, 0.29) is 17.5 Å². The summed E-state index contributed by atoms with van der Waals surface area (Å²) in [5.74, 6) is 0.293. The number of aromatic nitrogens is 7. The Morgan fingerprint density at radius 3 is 2.74 bits per heavy atom. The smallest absolute Gasteiger partial charge is 0.273 e. The van der Waals surface area contributed by atoms with Crippen LogP contribution in [-0.4, -0.2) is 58.6 Å². The molecule has 0 saturated carbocycles. The summed E-state index contributed by atoms with van der Waals surface area (Å²) >= 11 is 0. The van der Waals surface area contributed by atoms with Crippen LogP contribution in [0.15, 0.2) is 49.1 Å². The van der Waals surface area contributed by atoms with Crippen LogP contribution in [0.1, 0.15) is 61.8 Å². The molecule has 11 nitrogen and oxygen atoms in total. The van der Waals surface area contributed by atoms with Gasteiger partial charge in [0.1, 0.15) is 0 Å². The Labute approximate surface area is 222 Å². The van der Waals surface area contributed by atoms with Gasteiger partial charge in [0, 0.05) is 38.1 Å². The number of rotatable bonds is 6. The number of nitrogens with one attached hydrogen (secondary N) is 2. The minimum Gasteiger partial charge on any atom is -0.344 e. The first kappa shape index (κ1) is 25.5. The average molecular weight is 515 g/mol. The third-order valence-electron chi connectivity index (χ3n) is 6.72. The highest BCUT2D eigenvalue weighted by Gasteiger charge is 2.26. The van der Waals surface area contributed by atoms with Crippen LogP contribution < -0.4 is 10.6 Å². The van der Waals surface area contributed by atoms with E-state index >= 15 is 0 Å². The molecule has 11 heteroatoms. The lowest BCUT2D eigenvalue weighted by atomic mass is 9.96. The summed E-state index contributed by atoms with van der Waals surface area (Å²) in [6.07, 6.45) is 7.87. The van der Waals surface area contributed by atoms with E-state index in [0.29, 0.717) is 11.6 Å². The van der Waals surface area contributed by atoms with E-state index in [2.05, 4.69) is 61.1 Å². The molecule has 0 radical (unpaired) electrons. The van der Waals surface area contributed by atoms with E-state index in [1.165, 1.54) is 5.56 Å². The van der Waals surface area contributed by atoms with Crippen molar-refractivity contribution in [2.45, 2.75) is 52.2 Å². The number of fused-ring (bicyclic) bond motifs is 1. The van der Waals surface area contributed by atoms with E-state index in [1.807, 2.05) is 40.1 Å². The van der Waals surface area contributed by atoms with E-state index < -0.39 is 0 Å². The van der Waals surface area contributed by atoms with E-state index in [1.54, 1.807) is 28.0 Å². The van der Waals surface area contributed by atoms with Crippen molar-refractivity contribution in [1.82, 2.24) is 45.0 Å². The largest absolute Gasteiger partial charge is 0.344 e. The van der Waals surface area contributed by atoms with Gasteiger partial charge in [-0.2, -0.15) is 5.10 Å². The summed E-state index contributed by atoms with van der Waals surface area (Å²) in [7, 11) is 1.86. The molecule has 198 valence electrons. The first-order chi connectivity index (χ1) is 18.2. The third kappa shape index (κ3) is 5.57. The molecule has 0 spiro atoms. The number of anilines is 2. The molecule has 1 aliphatic rings. The van der Waals surface area contributed by atoms with Gasteiger partial charge in [0.15, 0.2) is 5.69 Å². The van der Waals surface area contributed by atoms with Gasteiger partial charge in [0.05, 0.1) is 35.4 Å². The Bertz CT molecular complexity index is 1430. The minimum atomic E-state index is -0.243. The number of carbonyl (C=O) groups is 1. The van der Waals surface area contributed by atoms with Gasteiger partial charge in [-0.1, -0.05) is 24.3 Å². The second kappa shape index (κ2) is 10.3. The first-order valence-corrected chi connectivity index (χ1v) is 12.9. The highest BCUT2D eigenvalue weighted by Crippen LogP contribution is 2.31. The number of carbonyl (C=O) groups excluding carboxylic acids is 1. The maximum absolute atomic E-state index is 13.1. The normalized spacial score (nSPS) is 16.1. The lowest BCUT2D eigenvalue weighted by Crippen LogP contribution is -2.30. The zero-order chi connectivity index (χ0) is 26.9. The molecule has 3 aromatic heterocycles. The Balaban J connectivity index is 1.40. The number of hydrogen-bond donors (Lipinski definition) is 2. The van der Waals surface area contributed by atoms with Gasteiger partial charge in [-0.3, -0.25) is 14.4 Å². The second-order valence-electron chi connectivity index (χ2n) is 10.6. The van der Waals surface area contributed by atoms with E-state index in [0.717, 1.165) is 48.6 Å². The third-order valence-corrected chi connectivity index (χ3v) is 6.72. The van der Waals surface area contributed by atoms with Crippen molar-refractivity contribution in [2.75, 3.05) is 18.4 Å². The molecule has 1 aliphatic heterocycles. The summed E-state index contributed by atoms with van der Waals surface area (Å²) in [6.45, 7) is 10.8. The fraction of sp³-hybridized carbons (Fsp3) is 0.407. The van der Waals surface area contributed by atoms with Crippen LogP contribution in [0.4, 0.5) is 11.6 Å². The van der Waals surface area contributed by atoms with Crippen molar-refractivity contribution in [3.63, 3.8) is 0 Å². The number of amides is 1. The van der Waals surface area contributed by atoms with Crippen molar-refractivity contribution < 1.29 is 4.79 Å². The molecule has 4 aromatic rings. The molecule has 1 amide bonds. The predicted octanol–water partition coefficient (Wildman–Crippen LogP) is 3.66. The monoisotopic (exact) mass is 514 g/mol. The number of hydrogen-bond acceptors (Lipinski definition) is 8. The fourth-order valence-electron chi connectivity index (χ4n) is 4.57. The van der Waals surface area contributed by atoms with Gasteiger partial charge in [-0.25, -0.2) is 14.6 Å². The van der Waals surface area contributed by atoms with Crippen LogP contribution in [0.25, 0.3) is 11.3 Å². The summed E-state index contributed by atoms with van der Waals surface area (Å²) in [4.78, 5) is 24.6. The molecule has 0 fully saturated rings. The molecule has 38 heavy (non-hydrogen) atoms. The molecule has 4 heterocycles. The van der Waals surface area contributed by atoms with Crippen LogP contribution in [0, 0.1) is 0 Å². The molecule has 1 atom stereocenters. The Hall–Kier alpha value is -4.12. The summed E-state index contributed by atoms with van der Waals surface area (Å²) in [5, 5.41) is 18.9. The zero-order valence-electron chi connectivity index (χ0n) is 22.5. The van der Waals surface area contributed by atoms with Crippen LogP contribution >= 0.6 is 0 Å². The van der Waals surface area contributed by atoms with Crippen LogP contribution in [0.2, 0.25) is 0 Å². The van der Waals surface area contributed by atoms with Gasteiger partial charge in [0.2, 0.25) is 5.95 Å². The molecule has 0 bridgehead atoms. The Morgan fingerprint density at radius 1 is 1.18 bits per heavy atom. The molecular weight excluding hydrogens is 480 g/mol. The van der Waals surface area contributed by atoms with Gasteiger partial charge in [-0.05, 0) is 57.0 Å². The number of benzene rings is 1. The van der Waals surface area contributed by atoms with Gasteiger partial charge in [0.25, 0.3) is 5.91 Å². The van der Waals surface area contributed by atoms with Crippen molar-refractivity contribution >= 4 is 17.5 Å². The fourth-order valence-corrected chi connectivity index (χ4v) is 4.57. The molecule has 0 unspecified atom stereocenters. The lowest BCUT2D eigenvalue weighted by molar-refractivity contribution is 0.0928. The van der Waals surface area contributed by atoms with Gasteiger partial charge >= 0.3 is 0 Å². The second-order valence-corrected chi connectivity index (χ2v) is 10.6. The highest BCUT2D eigenvalue weighted by molar-refractivity contribution is 5.92. The lowest BCUT2D eigenvalue weighted by Gasteiger charge is -2.19. The minimum absolute atomic E-state index is 0.129. The summed E-state index contributed by atoms with van der Waals surface area (Å²) in [5.41, 5.74) is 5.01. The maximum atomic E-state index is 13.1. The number of nitrogens with zero attached hydrogens (tertiary/aromatic N) is 8. The van der Waals surface area contributed by atoms with Crippen molar-refractivity contribution in [3.8, 4) is 11.3 Å². The maximum Gasteiger partial charge on any atom is 0.273 e. The van der Waals surface area contributed by atoms with E-state index in [9.17, 15) is 4.79 Å². The van der Waals surface area contributed by atoms with Gasteiger partial charge in [-0.15, -0.1) is 5.10 Å². The van der Waals surface area contributed by atoms with Crippen LogP contribution in [-0.2, 0) is 19.1 Å². The standard InChI is InChI=1S/C27H34N10O/c1-6-36-12-10-23(31-25(38)24-17-37(34-33-24)27(2,3)4)21-8-7-18(13-19(21)15-36)22-9-11-28-26(32-22)30-20-14-29-35(5)16-20/h7-9,11,13-14,16-17,23H,6,10,12,15H2,1-5H3,(H,31,38)(H,28,30,32)/t23-/m1/s1. The predicted molar refractivity (Wildman–Crippen MR) is 145 cm³/mol. The molecular formula is C27H34N10O. The summed E-state index contributed by atoms with van der Waals surface area (Å²) < 4.78 is 3.44. The van der Waals surface area contributed by atoms with Crippen LogP contribution in [0.3, 0.4) is 0 Å². The average Bonchev–Trinajstić information content (AvgIpc) is 3.51. The first-order valence-electron chi connectivity index (χ1n) is 12.9. The van der Waals surface area contributed by atoms with Gasteiger partial charge < -0.3 is 10.6 Å². The Morgan fingerprint density at radius 2 is 2.03 bits per heavy atom. The zero-order valence-corrected chi connectivity index (χ0v) is 22.5. The van der Waals surface area contributed by atoms with Crippen molar-refractivity contribution in [2.24, 2.45) is 7.05 Å². The number of aryl methyl sites for hydroxylation is 1. The molecule has 0 aliphatic carbocycles. The quantitative estimate of drug-likeness (QED) is 0.400. The van der Waals surface area contributed by atoms with Crippen molar-refractivity contribution in [3.05, 3.63) is 65.9 Å². The van der Waals surface area contributed by atoms with Crippen molar-refractivity contribution in [1.29, 1.82) is 0 Å².